The highest BCUT2D eigenvalue weighted by Crippen LogP contribution is 2.43. The van der Waals surface area contributed by atoms with E-state index in [4.69, 9.17) is 5.11 Å². The Hall–Kier alpha value is -1.32. The van der Waals surface area contributed by atoms with Crippen LogP contribution in [-0.2, 0) is 10.3 Å². The lowest BCUT2D eigenvalue weighted by Crippen LogP contribution is -2.27. The molecular formula is C8H10N2O2. The Bertz CT molecular complexity index is 326. The van der Waals surface area contributed by atoms with Crippen LogP contribution in [0.3, 0.4) is 0 Å². The fourth-order valence-corrected chi connectivity index (χ4v) is 1.31. The average molecular weight is 166 g/mol. The van der Waals surface area contributed by atoms with E-state index < -0.39 is 11.5 Å². The molecule has 1 aromatic heterocycles. The van der Waals surface area contributed by atoms with Crippen LogP contribution in [0.1, 0.15) is 18.4 Å². The van der Waals surface area contributed by atoms with Crippen molar-refractivity contribution in [3.05, 3.63) is 18.0 Å². The molecule has 4 nitrogen and oxygen atoms in total. The summed E-state index contributed by atoms with van der Waals surface area (Å²) < 4.78 is 1.56. The molecule has 1 aromatic rings. The van der Waals surface area contributed by atoms with Crippen molar-refractivity contribution >= 4 is 5.97 Å². The van der Waals surface area contributed by atoms with Crippen molar-refractivity contribution in [2.24, 2.45) is 0 Å². The molecule has 0 amide bonds. The third-order valence-corrected chi connectivity index (χ3v) is 2.27. The SMILES string of the molecule is Cc1cnn(C2(C(=O)O)CC2)c1. The topological polar surface area (TPSA) is 55.1 Å². The van der Waals surface area contributed by atoms with Gasteiger partial charge in [-0.3, -0.25) is 4.68 Å². The molecular weight excluding hydrogens is 156 g/mol. The summed E-state index contributed by atoms with van der Waals surface area (Å²) in [4.78, 5) is 10.8. The minimum Gasteiger partial charge on any atom is -0.479 e. The van der Waals surface area contributed by atoms with Gasteiger partial charge in [-0.05, 0) is 25.3 Å². The molecule has 1 fully saturated rings. The molecule has 0 unspecified atom stereocenters. The Morgan fingerprint density at radius 1 is 1.75 bits per heavy atom. The van der Waals surface area contributed by atoms with Crippen LogP contribution in [0, 0.1) is 6.92 Å². The van der Waals surface area contributed by atoms with Crippen LogP contribution in [0.15, 0.2) is 12.4 Å². The number of carbonyl (C=O) groups is 1. The van der Waals surface area contributed by atoms with Gasteiger partial charge in [0.25, 0.3) is 0 Å². The molecule has 64 valence electrons. The Kier molecular flexibility index (Phi) is 1.28. The van der Waals surface area contributed by atoms with E-state index in [0.717, 1.165) is 5.56 Å². The lowest BCUT2D eigenvalue weighted by atomic mass is 10.3. The van der Waals surface area contributed by atoms with Crippen LogP contribution in [0.25, 0.3) is 0 Å². The summed E-state index contributed by atoms with van der Waals surface area (Å²) in [5.41, 5.74) is 0.288. The van der Waals surface area contributed by atoms with Gasteiger partial charge in [0.15, 0.2) is 5.54 Å². The van der Waals surface area contributed by atoms with Crippen molar-refractivity contribution in [2.75, 3.05) is 0 Å². The van der Waals surface area contributed by atoms with Gasteiger partial charge in [-0.25, -0.2) is 4.79 Å². The number of nitrogens with zero attached hydrogens (tertiary/aromatic N) is 2. The quantitative estimate of drug-likeness (QED) is 0.705. The van der Waals surface area contributed by atoms with Gasteiger partial charge in [-0.15, -0.1) is 0 Å². The Morgan fingerprint density at radius 3 is 2.75 bits per heavy atom. The Morgan fingerprint density at radius 2 is 2.42 bits per heavy atom. The number of hydrogen-bond acceptors (Lipinski definition) is 2. The number of hydrogen-bond donors (Lipinski definition) is 1. The van der Waals surface area contributed by atoms with Crippen molar-refractivity contribution < 1.29 is 9.90 Å². The van der Waals surface area contributed by atoms with Gasteiger partial charge < -0.3 is 5.11 Å². The standard InChI is InChI=1S/C8H10N2O2/c1-6-4-9-10(5-6)8(2-3-8)7(11)12/h4-5H,2-3H2,1H3,(H,11,12). The van der Waals surface area contributed by atoms with E-state index in [0.29, 0.717) is 12.8 Å². The molecule has 0 aromatic carbocycles. The normalized spacial score (nSPS) is 19.1. The van der Waals surface area contributed by atoms with Crippen LogP contribution in [-0.4, -0.2) is 20.9 Å². The summed E-state index contributed by atoms with van der Waals surface area (Å²) in [7, 11) is 0. The third-order valence-electron chi connectivity index (χ3n) is 2.27. The van der Waals surface area contributed by atoms with E-state index in [-0.39, 0.29) is 0 Å². The molecule has 0 atom stereocenters. The molecule has 12 heavy (non-hydrogen) atoms. The van der Waals surface area contributed by atoms with E-state index in [1.807, 2.05) is 6.92 Å². The van der Waals surface area contributed by atoms with Gasteiger partial charge in [0.1, 0.15) is 0 Å². The first-order valence-electron chi connectivity index (χ1n) is 3.90. The number of aryl methyl sites for hydroxylation is 1. The molecule has 1 N–H and O–H groups in total. The number of aromatic nitrogens is 2. The minimum absolute atomic E-state index is 0.698. The lowest BCUT2D eigenvalue weighted by Gasteiger charge is -2.08. The highest BCUT2D eigenvalue weighted by atomic mass is 16.4. The number of carboxylic acid groups (broad SMARTS) is 1. The van der Waals surface area contributed by atoms with Crippen molar-refractivity contribution in [1.82, 2.24) is 9.78 Å². The van der Waals surface area contributed by atoms with Gasteiger partial charge in [-0.1, -0.05) is 0 Å². The summed E-state index contributed by atoms with van der Waals surface area (Å²) >= 11 is 0. The van der Waals surface area contributed by atoms with E-state index >= 15 is 0 Å². The first kappa shape index (κ1) is 7.34. The number of carboxylic acids is 1. The van der Waals surface area contributed by atoms with Crippen molar-refractivity contribution in [1.29, 1.82) is 0 Å². The molecule has 0 saturated heterocycles. The van der Waals surface area contributed by atoms with E-state index in [2.05, 4.69) is 5.10 Å². The summed E-state index contributed by atoms with van der Waals surface area (Å²) in [5.74, 6) is -0.773. The van der Waals surface area contributed by atoms with Gasteiger partial charge in [0.05, 0.1) is 6.20 Å². The van der Waals surface area contributed by atoms with E-state index in [1.165, 1.54) is 0 Å². The predicted molar refractivity (Wildman–Crippen MR) is 41.8 cm³/mol. The van der Waals surface area contributed by atoms with E-state index in [9.17, 15) is 4.79 Å². The zero-order valence-corrected chi connectivity index (χ0v) is 6.82. The maximum Gasteiger partial charge on any atom is 0.331 e. The summed E-state index contributed by atoms with van der Waals surface area (Å²) in [6, 6.07) is 0. The van der Waals surface area contributed by atoms with Crippen molar-refractivity contribution in [2.45, 2.75) is 25.3 Å². The van der Waals surface area contributed by atoms with Gasteiger partial charge in [0.2, 0.25) is 0 Å². The highest BCUT2D eigenvalue weighted by molar-refractivity contribution is 5.79. The second kappa shape index (κ2) is 2.09. The zero-order valence-electron chi connectivity index (χ0n) is 6.82. The molecule has 2 rings (SSSR count). The largest absolute Gasteiger partial charge is 0.479 e. The van der Waals surface area contributed by atoms with Crippen molar-refractivity contribution in [3.63, 3.8) is 0 Å². The second-order valence-corrected chi connectivity index (χ2v) is 3.30. The summed E-state index contributed by atoms with van der Waals surface area (Å²) in [6.07, 6.45) is 4.86. The molecule has 1 saturated carbocycles. The van der Waals surface area contributed by atoms with Crippen molar-refractivity contribution in [3.8, 4) is 0 Å². The maximum absolute atomic E-state index is 10.8. The molecule has 1 aliphatic carbocycles. The molecule has 0 bridgehead atoms. The smallest absolute Gasteiger partial charge is 0.331 e. The number of aliphatic carboxylic acids is 1. The second-order valence-electron chi connectivity index (χ2n) is 3.30. The predicted octanol–water partition coefficient (Wildman–Crippen LogP) is 0.765. The maximum atomic E-state index is 10.8. The zero-order chi connectivity index (χ0) is 8.77. The van der Waals surface area contributed by atoms with E-state index in [1.54, 1.807) is 17.1 Å². The number of rotatable bonds is 2. The van der Waals surface area contributed by atoms with Gasteiger partial charge >= 0.3 is 5.97 Å². The molecule has 1 heterocycles. The Balaban J connectivity index is 2.36. The minimum atomic E-state index is -0.773. The van der Waals surface area contributed by atoms with Crippen LogP contribution in [0.4, 0.5) is 0 Å². The molecule has 4 heteroatoms. The molecule has 0 aliphatic heterocycles. The van der Waals surface area contributed by atoms with Gasteiger partial charge in [-0.2, -0.15) is 5.10 Å². The van der Waals surface area contributed by atoms with Gasteiger partial charge in [0, 0.05) is 6.20 Å². The van der Waals surface area contributed by atoms with Crippen LogP contribution < -0.4 is 0 Å². The Labute approximate surface area is 69.8 Å². The first-order valence-corrected chi connectivity index (χ1v) is 3.90. The average Bonchev–Trinajstić information content (AvgIpc) is 2.71. The summed E-state index contributed by atoms with van der Waals surface area (Å²) in [6.45, 7) is 1.90. The molecule has 1 aliphatic rings. The third kappa shape index (κ3) is 0.841. The monoisotopic (exact) mass is 166 g/mol. The fourth-order valence-electron chi connectivity index (χ4n) is 1.31. The van der Waals surface area contributed by atoms with Crippen LogP contribution >= 0.6 is 0 Å². The molecule has 0 spiro atoms. The van der Waals surface area contributed by atoms with Crippen LogP contribution in [0.5, 0.6) is 0 Å². The highest BCUT2D eigenvalue weighted by Gasteiger charge is 2.53. The summed E-state index contributed by atoms with van der Waals surface area (Å²) in [5, 5.41) is 12.9. The van der Waals surface area contributed by atoms with Crippen LogP contribution in [0.2, 0.25) is 0 Å². The molecule has 0 radical (unpaired) electrons. The fraction of sp³-hybridized carbons (Fsp3) is 0.500. The first-order chi connectivity index (χ1) is 5.65. The lowest BCUT2D eigenvalue weighted by molar-refractivity contribution is -0.142.